The molecule has 2 N–H and O–H groups in total. The van der Waals surface area contributed by atoms with Gasteiger partial charge < -0.3 is 15.4 Å². The first kappa shape index (κ1) is 20.4. The third kappa shape index (κ3) is 5.12. The van der Waals surface area contributed by atoms with Crippen LogP contribution in [-0.4, -0.2) is 62.8 Å². The zero-order chi connectivity index (χ0) is 19.4. The number of nitrogens with one attached hydrogen (secondary N) is 2. The molecule has 0 bridgehead atoms. The molecule has 0 spiro atoms. The van der Waals surface area contributed by atoms with E-state index in [0.717, 1.165) is 31.2 Å². The fourth-order valence-corrected chi connectivity index (χ4v) is 4.30. The lowest BCUT2D eigenvalue weighted by Gasteiger charge is -2.35. The standard InChI is InChI=1S/C20H30ClFN4O/c1-20(2,17-7-6-14(22)9-18(17)21)13-25-19(23-3)24-10-16-11-26-8-4-5-15(26)12-27-16/h6-7,9,15-16H,4-5,8,10-13H2,1-3H3,(H2,23,24,25). The molecule has 7 heteroatoms. The first-order chi connectivity index (χ1) is 12.9. The second-order valence-electron chi connectivity index (χ2n) is 8.06. The number of aliphatic imine (C=N–C) groups is 1. The van der Waals surface area contributed by atoms with Crippen LogP contribution in [0.15, 0.2) is 23.2 Å². The predicted molar refractivity (Wildman–Crippen MR) is 108 cm³/mol. The number of guanidine groups is 1. The Morgan fingerprint density at radius 2 is 2.22 bits per heavy atom. The summed E-state index contributed by atoms with van der Waals surface area (Å²) in [5, 5.41) is 7.16. The second-order valence-corrected chi connectivity index (χ2v) is 8.47. The molecule has 150 valence electrons. The van der Waals surface area contributed by atoms with E-state index in [9.17, 15) is 4.39 Å². The van der Waals surface area contributed by atoms with Crippen LogP contribution >= 0.6 is 11.6 Å². The molecule has 2 atom stereocenters. The van der Waals surface area contributed by atoms with E-state index in [1.54, 1.807) is 13.1 Å². The van der Waals surface area contributed by atoms with Gasteiger partial charge in [0.05, 0.1) is 12.7 Å². The van der Waals surface area contributed by atoms with Gasteiger partial charge in [0.25, 0.3) is 0 Å². The highest BCUT2D eigenvalue weighted by Gasteiger charge is 2.32. The molecule has 0 saturated carbocycles. The van der Waals surface area contributed by atoms with E-state index >= 15 is 0 Å². The van der Waals surface area contributed by atoms with E-state index in [-0.39, 0.29) is 17.3 Å². The Hall–Kier alpha value is -1.37. The van der Waals surface area contributed by atoms with Gasteiger partial charge in [-0.1, -0.05) is 31.5 Å². The number of rotatable bonds is 5. The van der Waals surface area contributed by atoms with Gasteiger partial charge >= 0.3 is 0 Å². The largest absolute Gasteiger partial charge is 0.373 e. The highest BCUT2D eigenvalue weighted by atomic mass is 35.5. The van der Waals surface area contributed by atoms with Gasteiger partial charge in [-0.05, 0) is 37.1 Å². The minimum absolute atomic E-state index is 0.178. The maximum absolute atomic E-state index is 13.3. The third-order valence-electron chi connectivity index (χ3n) is 5.54. The van der Waals surface area contributed by atoms with Gasteiger partial charge in [0.2, 0.25) is 0 Å². The quantitative estimate of drug-likeness (QED) is 0.593. The van der Waals surface area contributed by atoms with Crippen LogP contribution in [0.3, 0.4) is 0 Å². The lowest BCUT2D eigenvalue weighted by molar-refractivity contribution is -0.0453. The van der Waals surface area contributed by atoms with E-state index in [2.05, 4.69) is 34.4 Å². The van der Waals surface area contributed by atoms with Crippen LogP contribution in [0.5, 0.6) is 0 Å². The monoisotopic (exact) mass is 396 g/mol. The van der Waals surface area contributed by atoms with Crippen LogP contribution < -0.4 is 10.6 Å². The molecule has 2 fully saturated rings. The van der Waals surface area contributed by atoms with Gasteiger partial charge in [-0.25, -0.2) is 4.39 Å². The van der Waals surface area contributed by atoms with Crippen molar-refractivity contribution in [2.24, 2.45) is 4.99 Å². The number of fused-ring (bicyclic) bond motifs is 1. The molecule has 0 radical (unpaired) electrons. The SMILES string of the molecule is CN=C(NCC1CN2CCCC2CO1)NCC(C)(C)c1ccc(F)cc1Cl. The fraction of sp³-hybridized carbons (Fsp3) is 0.650. The van der Waals surface area contributed by atoms with Crippen molar-refractivity contribution in [3.05, 3.63) is 34.6 Å². The average Bonchev–Trinajstić information content (AvgIpc) is 3.09. The molecule has 0 amide bonds. The number of nitrogens with zero attached hydrogens (tertiary/aromatic N) is 2. The topological polar surface area (TPSA) is 48.9 Å². The number of ether oxygens (including phenoxy) is 1. The van der Waals surface area contributed by atoms with Gasteiger partial charge in [0.15, 0.2) is 5.96 Å². The molecule has 2 saturated heterocycles. The lowest BCUT2D eigenvalue weighted by atomic mass is 9.84. The summed E-state index contributed by atoms with van der Waals surface area (Å²) in [7, 11) is 1.76. The number of hydrogen-bond donors (Lipinski definition) is 2. The van der Waals surface area contributed by atoms with Gasteiger partial charge in [-0.2, -0.15) is 0 Å². The van der Waals surface area contributed by atoms with Crippen molar-refractivity contribution in [1.29, 1.82) is 0 Å². The van der Waals surface area contributed by atoms with Crippen molar-refractivity contribution in [3.8, 4) is 0 Å². The Labute approximate surface area is 166 Å². The third-order valence-corrected chi connectivity index (χ3v) is 5.85. The van der Waals surface area contributed by atoms with Gasteiger partial charge in [-0.15, -0.1) is 0 Å². The van der Waals surface area contributed by atoms with Crippen LogP contribution in [0, 0.1) is 5.82 Å². The molecule has 5 nitrogen and oxygen atoms in total. The first-order valence-corrected chi connectivity index (χ1v) is 10.0. The highest BCUT2D eigenvalue weighted by Crippen LogP contribution is 2.30. The summed E-state index contributed by atoms with van der Waals surface area (Å²) in [6.45, 7) is 8.48. The first-order valence-electron chi connectivity index (χ1n) is 9.65. The van der Waals surface area contributed by atoms with Crippen molar-refractivity contribution >= 4 is 17.6 Å². The molecular formula is C20H30ClFN4O. The molecule has 27 heavy (non-hydrogen) atoms. The van der Waals surface area contributed by atoms with Gasteiger partial charge in [-0.3, -0.25) is 9.89 Å². The van der Waals surface area contributed by atoms with Crippen LogP contribution in [-0.2, 0) is 10.2 Å². The Morgan fingerprint density at radius 1 is 1.41 bits per heavy atom. The van der Waals surface area contributed by atoms with E-state index in [1.807, 2.05) is 0 Å². The molecule has 2 aliphatic heterocycles. The Bertz CT molecular complexity index is 682. The Balaban J connectivity index is 1.50. The van der Waals surface area contributed by atoms with Crippen LogP contribution in [0.4, 0.5) is 4.39 Å². The molecule has 3 rings (SSSR count). The second kappa shape index (κ2) is 8.76. The van der Waals surface area contributed by atoms with E-state index < -0.39 is 0 Å². The molecule has 2 heterocycles. The molecule has 2 unspecified atom stereocenters. The van der Waals surface area contributed by atoms with E-state index in [4.69, 9.17) is 16.3 Å². The van der Waals surface area contributed by atoms with Crippen molar-refractivity contribution in [3.63, 3.8) is 0 Å². The predicted octanol–water partition coefficient (Wildman–Crippen LogP) is 2.78. The molecular weight excluding hydrogens is 367 g/mol. The summed E-state index contributed by atoms with van der Waals surface area (Å²) < 4.78 is 19.3. The Kier molecular flexibility index (Phi) is 6.61. The summed E-state index contributed by atoms with van der Waals surface area (Å²) >= 11 is 6.24. The normalized spacial score (nSPS) is 24.0. The van der Waals surface area contributed by atoms with Crippen molar-refractivity contribution < 1.29 is 9.13 Å². The molecule has 0 aromatic heterocycles. The summed E-state index contributed by atoms with van der Waals surface area (Å²) in [5.74, 6) is 0.408. The maximum Gasteiger partial charge on any atom is 0.191 e. The zero-order valence-corrected chi connectivity index (χ0v) is 17.2. The molecule has 1 aromatic carbocycles. The average molecular weight is 397 g/mol. The van der Waals surface area contributed by atoms with Crippen molar-refractivity contribution in [2.75, 3.05) is 39.8 Å². The smallest absolute Gasteiger partial charge is 0.191 e. The van der Waals surface area contributed by atoms with Crippen molar-refractivity contribution in [2.45, 2.75) is 44.2 Å². The van der Waals surface area contributed by atoms with E-state index in [1.165, 1.54) is 31.5 Å². The number of morpholine rings is 1. The number of halogens is 2. The Morgan fingerprint density at radius 3 is 2.96 bits per heavy atom. The summed E-state index contributed by atoms with van der Waals surface area (Å²) in [6.07, 6.45) is 2.71. The minimum Gasteiger partial charge on any atom is -0.373 e. The van der Waals surface area contributed by atoms with Crippen LogP contribution in [0.2, 0.25) is 5.02 Å². The summed E-state index contributed by atoms with van der Waals surface area (Å²) in [6, 6.07) is 5.16. The molecule has 0 aliphatic carbocycles. The summed E-state index contributed by atoms with van der Waals surface area (Å²) in [4.78, 5) is 6.84. The van der Waals surface area contributed by atoms with E-state index in [0.29, 0.717) is 17.6 Å². The maximum atomic E-state index is 13.3. The van der Waals surface area contributed by atoms with Crippen LogP contribution in [0.1, 0.15) is 32.3 Å². The van der Waals surface area contributed by atoms with Gasteiger partial charge in [0.1, 0.15) is 5.82 Å². The number of benzene rings is 1. The van der Waals surface area contributed by atoms with Gasteiger partial charge in [0, 0.05) is 43.2 Å². The van der Waals surface area contributed by atoms with Crippen molar-refractivity contribution in [1.82, 2.24) is 15.5 Å². The summed E-state index contributed by atoms with van der Waals surface area (Å²) in [5.41, 5.74) is 0.635. The van der Waals surface area contributed by atoms with Crippen LogP contribution in [0.25, 0.3) is 0 Å². The minimum atomic E-state index is -0.322. The highest BCUT2D eigenvalue weighted by molar-refractivity contribution is 6.31. The lowest BCUT2D eigenvalue weighted by Crippen LogP contribution is -2.52. The fourth-order valence-electron chi connectivity index (χ4n) is 3.88. The zero-order valence-electron chi connectivity index (χ0n) is 16.4. The molecule has 2 aliphatic rings. The number of hydrogen-bond acceptors (Lipinski definition) is 3. The molecule has 1 aromatic rings.